The lowest BCUT2D eigenvalue weighted by Gasteiger charge is -2.08. The van der Waals surface area contributed by atoms with Gasteiger partial charge in [0.05, 0.1) is 29.8 Å². The number of primary amides is 1. The number of hydrogen-bond donors (Lipinski definition) is 2. The standard InChI is InChI=1S/C13H13N7O/c1-15-13-11(19-8(4-17-13)12(14)21)7-3-16-5-9-10(7)18-6-20(9)2/h3-6H,1-2H3,(H2,14,21)(H,15,17). The molecule has 0 aliphatic carbocycles. The van der Waals surface area contributed by atoms with Crippen LogP contribution in [0, 0.1) is 0 Å². The minimum atomic E-state index is -0.632. The molecule has 8 nitrogen and oxygen atoms in total. The van der Waals surface area contributed by atoms with E-state index in [-0.39, 0.29) is 5.69 Å². The van der Waals surface area contributed by atoms with Crippen LogP contribution >= 0.6 is 0 Å². The molecule has 3 aromatic heterocycles. The molecule has 21 heavy (non-hydrogen) atoms. The van der Waals surface area contributed by atoms with Gasteiger partial charge in [0, 0.05) is 20.3 Å². The predicted octanol–water partition coefficient (Wildman–Crippen LogP) is 0.566. The van der Waals surface area contributed by atoms with Crippen LogP contribution in [-0.2, 0) is 7.05 Å². The van der Waals surface area contributed by atoms with E-state index in [2.05, 4.69) is 25.3 Å². The SMILES string of the molecule is CNc1ncc(C(N)=O)nc1-c1cncc2c1ncn2C. The first-order valence-corrected chi connectivity index (χ1v) is 6.22. The van der Waals surface area contributed by atoms with Crippen molar-refractivity contribution in [2.75, 3.05) is 12.4 Å². The fourth-order valence-electron chi connectivity index (χ4n) is 2.09. The van der Waals surface area contributed by atoms with Gasteiger partial charge in [0.15, 0.2) is 5.82 Å². The van der Waals surface area contributed by atoms with Gasteiger partial charge in [0.2, 0.25) is 0 Å². The van der Waals surface area contributed by atoms with E-state index in [1.807, 2.05) is 11.6 Å². The largest absolute Gasteiger partial charge is 0.371 e. The number of amides is 1. The Morgan fingerprint density at radius 3 is 2.81 bits per heavy atom. The second-order valence-corrected chi connectivity index (χ2v) is 4.48. The number of fused-ring (bicyclic) bond motifs is 1. The van der Waals surface area contributed by atoms with E-state index in [1.54, 1.807) is 25.8 Å². The summed E-state index contributed by atoms with van der Waals surface area (Å²) in [5.41, 5.74) is 8.14. The molecule has 3 aromatic rings. The topological polar surface area (TPSA) is 112 Å². The van der Waals surface area contributed by atoms with Gasteiger partial charge in [0.25, 0.3) is 5.91 Å². The lowest BCUT2D eigenvalue weighted by Crippen LogP contribution is -2.15. The van der Waals surface area contributed by atoms with Gasteiger partial charge in [-0.1, -0.05) is 0 Å². The third-order valence-electron chi connectivity index (χ3n) is 3.16. The number of pyridine rings is 1. The highest BCUT2D eigenvalue weighted by molar-refractivity contribution is 5.95. The average molecular weight is 283 g/mol. The van der Waals surface area contributed by atoms with E-state index >= 15 is 0 Å². The molecule has 0 aliphatic rings. The summed E-state index contributed by atoms with van der Waals surface area (Å²) >= 11 is 0. The number of nitrogens with one attached hydrogen (secondary N) is 1. The van der Waals surface area contributed by atoms with Crippen molar-refractivity contribution in [3.8, 4) is 11.3 Å². The number of imidazole rings is 1. The van der Waals surface area contributed by atoms with E-state index in [4.69, 9.17) is 5.73 Å². The monoisotopic (exact) mass is 283 g/mol. The number of nitrogens with zero attached hydrogens (tertiary/aromatic N) is 5. The van der Waals surface area contributed by atoms with Gasteiger partial charge in [-0.25, -0.2) is 15.0 Å². The van der Waals surface area contributed by atoms with Crippen LogP contribution in [0.2, 0.25) is 0 Å². The maximum atomic E-state index is 11.3. The third kappa shape index (κ3) is 2.06. The highest BCUT2D eigenvalue weighted by Gasteiger charge is 2.16. The van der Waals surface area contributed by atoms with E-state index < -0.39 is 5.91 Å². The predicted molar refractivity (Wildman–Crippen MR) is 77.6 cm³/mol. The number of hydrogen-bond acceptors (Lipinski definition) is 6. The molecule has 3 rings (SSSR count). The Labute approximate surface area is 120 Å². The van der Waals surface area contributed by atoms with Gasteiger partial charge in [0.1, 0.15) is 16.9 Å². The minimum Gasteiger partial charge on any atom is -0.371 e. The summed E-state index contributed by atoms with van der Waals surface area (Å²) in [6.07, 6.45) is 6.39. The van der Waals surface area contributed by atoms with Gasteiger partial charge >= 0.3 is 0 Å². The number of aromatic nitrogens is 5. The van der Waals surface area contributed by atoms with Crippen molar-refractivity contribution < 1.29 is 4.79 Å². The van der Waals surface area contributed by atoms with Crippen molar-refractivity contribution in [1.82, 2.24) is 24.5 Å². The Bertz CT molecular complexity index is 840. The summed E-state index contributed by atoms with van der Waals surface area (Å²) in [4.78, 5) is 28.3. The average Bonchev–Trinajstić information content (AvgIpc) is 2.88. The van der Waals surface area contributed by atoms with Gasteiger partial charge in [-0.15, -0.1) is 0 Å². The van der Waals surface area contributed by atoms with Crippen molar-refractivity contribution in [2.45, 2.75) is 0 Å². The highest BCUT2D eigenvalue weighted by Crippen LogP contribution is 2.29. The summed E-state index contributed by atoms with van der Waals surface area (Å²) in [6, 6.07) is 0. The number of nitrogens with two attached hydrogens (primary N) is 1. The molecular formula is C13H13N7O. The van der Waals surface area contributed by atoms with Crippen LogP contribution in [0.3, 0.4) is 0 Å². The van der Waals surface area contributed by atoms with Gasteiger partial charge in [-0.05, 0) is 0 Å². The third-order valence-corrected chi connectivity index (χ3v) is 3.16. The van der Waals surface area contributed by atoms with Crippen molar-refractivity contribution in [2.24, 2.45) is 12.8 Å². The zero-order valence-electron chi connectivity index (χ0n) is 11.5. The zero-order chi connectivity index (χ0) is 15.0. The Morgan fingerprint density at radius 2 is 2.10 bits per heavy atom. The summed E-state index contributed by atoms with van der Waals surface area (Å²) in [5.74, 6) is -0.104. The molecule has 8 heteroatoms. The van der Waals surface area contributed by atoms with Crippen molar-refractivity contribution in [3.05, 3.63) is 30.6 Å². The Balaban J connectivity index is 2.31. The molecule has 1 amide bonds. The maximum Gasteiger partial charge on any atom is 0.268 e. The van der Waals surface area contributed by atoms with Gasteiger partial charge < -0.3 is 15.6 Å². The molecule has 106 valence electrons. The molecule has 0 saturated carbocycles. The zero-order valence-corrected chi connectivity index (χ0v) is 11.5. The van der Waals surface area contributed by atoms with Gasteiger partial charge in [-0.2, -0.15) is 0 Å². The quantitative estimate of drug-likeness (QED) is 0.726. The van der Waals surface area contributed by atoms with Crippen LogP contribution in [0.5, 0.6) is 0 Å². The summed E-state index contributed by atoms with van der Waals surface area (Å²) in [5, 5.41) is 2.94. The van der Waals surface area contributed by atoms with Gasteiger partial charge in [-0.3, -0.25) is 9.78 Å². The Hall–Kier alpha value is -3.03. The van der Waals surface area contributed by atoms with Crippen LogP contribution < -0.4 is 11.1 Å². The molecule has 0 radical (unpaired) electrons. The van der Waals surface area contributed by atoms with E-state index in [0.717, 1.165) is 11.0 Å². The fraction of sp³-hybridized carbons (Fsp3) is 0.154. The van der Waals surface area contributed by atoms with E-state index in [9.17, 15) is 4.79 Å². The van der Waals surface area contributed by atoms with Crippen molar-refractivity contribution in [3.63, 3.8) is 0 Å². The molecule has 0 spiro atoms. The molecule has 0 aliphatic heterocycles. The molecule has 0 bridgehead atoms. The van der Waals surface area contributed by atoms with Crippen LogP contribution in [-0.4, -0.2) is 37.5 Å². The molecule has 3 heterocycles. The number of carbonyl (C=O) groups excluding carboxylic acids is 1. The van der Waals surface area contributed by atoms with E-state index in [1.165, 1.54) is 6.20 Å². The molecular weight excluding hydrogens is 270 g/mol. The fourth-order valence-corrected chi connectivity index (χ4v) is 2.09. The first kappa shape index (κ1) is 13.0. The molecule has 0 saturated heterocycles. The normalized spacial score (nSPS) is 10.8. The first-order chi connectivity index (χ1) is 10.1. The minimum absolute atomic E-state index is 0.0944. The lowest BCUT2D eigenvalue weighted by atomic mass is 10.1. The first-order valence-electron chi connectivity index (χ1n) is 6.22. The summed E-state index contributed by atoms with van der Waals surface area (Å²) in [6.45, 7) is 0. The summed E-state index contributed by atoms with van der Waals surface area (Å²) < 4.78 is 1.86. The van der Waals surface area contributed by atoms with Crippen molar-refractivity contribution in [1.29, 1.82) is 0 Å². The lowest BCUT2D eigenvalue weighted by molar-refractivity contribution is 0.0995. The van der Waals surface area contributed by atoms with Crippen LogP contribution in [0.4, 0.5) is 5.82 Å². The Morgan fingerprint density at radius 1 is 1.29 bits per heavy atom. The molecule has 0 atom stereocenters. The highest BCUT2D eigenvalue weighted by atomic mass is 16.1. The van der Waals surface area contributed by atoms with Crippen LogP contribution in [0.1, 0.15) is 10.5 Å². The second kappa shape index (κ2) is 4.82. The van der Waals surface area contributed by atoms with Crippen LogP contribution in [0.15, 0.2) is 24.9 Å². The number of rotatable bonds is 3. The van der Waals surface area contributed by atoms with Crippen molar-refractivity contribution >= 4 is 22.8 Å². The summed E-state index contributed by atoms with van der Waals surface area (Å²) in [7, 11) is 3.61. The smallest absolute Gasteiger partial charge is 0.268 e. The maximum absolute atomic E-state index is 11.3. The molecule has 0 fully saturated rings. The number of aryl methyl sites for hydroxylation is 1. The van der Waals surface area contributed by atoms with Crippen LogP contribution in [0.25, 0.3) is 22.3 Å². The molecule has 0 unspecified atom stereocenters. The molecule has 0 aromatic carbocycles. The Kier molecular flexibility index (Phi) is 2.98. The molecule has 3 N–H and O–H groups in total. The number of anilines is 1. The second-order valence-electron chi connectivity index (χ2n) is 4.48. The number of carbonyl (C=O) groups is 1. The van der Waals surface area contributed by atoms with E-state index in [0.29, 0.717) is 17.1 Å².